The van der Waals surface area contributed by atoms with Crippen molar-refractivity contribution in [1.82, 2.24) is 0 Å². The molecule has 0 fully saturated rings. The van der Waals surface area contributed by atoms with Gasteiger partial charge in [-0.2, -0.15) is 0 Å². The predicted molar refractivity (Wildman–Crippen MR) is 93.2 cm³/mol. The van der Waals surface area contributed by atoms with Gasteiger partial charge in [0.15, 0.2) is 0 Å². The molecule has 0 radical (unpaired) electrons. The van der Waals surface area contributed by atoms with Gasteiger partial charge in [-0.15, -0.1) is 0 Å². The summed E-state index contributed by atoms with van der Waals surface area (Å²) in [6.07, 6.45) is 11.9. The van der Waals surface area contributed by atoms with E-state index in [1.807, 2.05) is 0 Å². The van der Waals surface area contributed by atoms with Crippen LogP contribution < -0.4 is 0 Å². The third kappa shape index (κ3) is 7.73. The van der Waals surface area contributed by atoms with E-state index in [1.165, 1.54) is 51.0 Å². The minimum atomic E-state index is 0.0424. The zero-order valence-electron chi connectivity index (χ0n) is 12.7. The summed E-state index contributed by atoms with van der Waals surface area (Å²) in [5.41, 5.74) is 0.576. The maximum absolute atomic E-state index is 9.78. The van der Waals surface area contributed by atoms with Gasteiger partial charge in [-0.3, -0.25) is 4.99 Å². The van der Waals surface area contributed by atoms with Gasteiger partial charge in [0, 0.05) is 23.3 Å². The number of hydrogen-bond acceptors (Lipinski definition) is 2. The lowest BCUT2D eigenvalue weighted by Gasteiger charge is -2.02. The fourth-order valence-electron chi connectivity index (χ4n) is 2.18. The maximum atomic E-state index is 9.78. The van der Waals surface area contributed by atoms with Gasteiger partial charge in [0.25, 0.3) is 0 Å². The Hall–Kier alpha value is -0.730. The van der Waals surface area contributed by atoms with Crippen LogP contribution in [-0.4, -0.2) is 17.9 Å². The van der Waals surface area contributed by atoms with E-state index in [1.54, 1.807) is 12.3 Å². The molecule has 1 aromatic rings. The van der Waals surface area contributed by atoms with Crippen molar-refractivity contribution in [2.75, 3.05) is 6.54 Å². The SMILES string of the molecule is CCCCCCCCCCN=Cc1cc(Cl)cc(Cl)c1O. The van der Waals surface area contributed by atoms with Crippen molar-refractivity contribution in [3.05, 3.63) is 27.7 Å². The highest BCUT2D eigenvalue weighted by atomic mass is 35.5. The van der Waals surface area contributed by atoms with Gasteiger partial charge >= 0.3 is 0 Å². The molecule has 4 heteroatoms. The number of halogens is 2. The summed E-state index contributed by atoms with van der Waals surface area (Å²) in [4.78, 5) is 4.33. The summed E-state index contributed by atoms with van der Waals surface area (Å²) in [5.74, 6) is 0.0424. The average molecular weight is 330 g/mol. The molecule has 0 bridgehead atoms. The van der Waals surface area contributed by atoms with Crippen LogP contribution in [0.5, 0.6) is 5.75 Å². The van der Waals surface area contributed by atoms with Crippen LogP contribution in [0.15, 0.2) is 17.1 Å². The molecule has 0 aliphatic carbocycles. The summed E-state index contributed by atoms with van der Waals surface area (Å²) >= 11 is 11.8. The third-order valence-corrected chi connectivity index (χ3v) is 3.94. The lowest BCUT2D eigenvalue weighted by molar-refractivity contribution is 0.474. The van der Waals surface area contributed by atoms with Crippen molar-refractivity contribution in [2.45, 2.75) is 58.3 Å². The molecule has 0 heterocycles. The van der Waals surface area contributed by atoms with E-state index in [0.717, 1.165) is 13.0 Å². The van der Waals surface area contributed by atoms with Crippen LogP contribution in [0.2, 0.25) is 10.0 Å². The molecule has 0 spiro atoms. The number of benzene rings is 1. The molecule has 0 aliphatic rings. The number of aromatic hydroxyl groups is 1. The van der Waals surface area contributed by atoms with Crippen LogP contribution in [0.3, 0.4) is 0 Å². The first-order valence-corrected chi connectivity index (χ1v) is 8.58. The Morgan fingerprint density at radius 3 is 2.29 bits per heavy atom. The molecule has 21 heavy (non-hydrogen) atoms. The molecule has 118 valence electrons. The lowest BCUT2D eigenvalue weighted by Crippen LogP contribution is -1.88. The predicted octanol–water partition coefficient (Wildman–Crippen LogP) is 6.26. The fraction of sp³-hybridized carbons (Fsp3) is 0.588. The molecule has 0 saturated carbocycles. The van der Waals surface area contributed by atoms with Crippen LogP contribution in [0.25, 0.3) is 0 Å². The van der Waals surface area contributed by atoms with Gasteiger partial charge in [0.1, 0.15) is 5.75 Å². The van der Waals surface area contributed by atoms with E-state index >= 15 is 0 Å². The van der Waals surface area contributed by atoms with Gasteiger partial charge < -0.3 is 5.11 Å². The number of rotatable bonds is 10. The summed E-state index contributed by atoms with van der Waals surface area (Å²) < 4.78 is 0. The molecule has 1 rings (SSSR count). The van der Waals surface area contributed by atoms with Crippen molar-refractivity contribution >= 4 is 29.4 Å². The normalized spacial score (nSPS) is 11.4. The van der Waals surface area contributed by atoms with Crippen LogP contribution in [0.1, 0.15) is 63.9 Å². The summed E-state index contributed by atoms with van der Waals surface area (Å²) in [6.45, 7) is 3.02. The van der Waals surface area contributed by atoms with Crippen molar-refractivity contribution in [3.63, 3.8) is 0 Å². The molecule has 0 aliphatic heterocycles. The fourth-order valence-corrected chi connectivity index (χ4v) is 2.69. The molecular formula is C17H25Cl2NO. The monoisotopic (exact) mass is 329 g/mol. The summed E-state index contributed by atoms with van der Waals surface area (Å²) in [6, 6.07) is 3.19. The standard InChI is InChI=1S/C17H25Cl2NO/c1-2-3-4-5-6-7-8-9-10-20-13-14-11-15(18)12-16(19)17(14)21/h11-13,21H,2-10H2,1H3. The highest BCUT2D eigenvalue weighted by molar-refractivity contribution is 6.36. The van der Waals surface area contributed by atoms with Gasteiger partial charge in [0.2, 0.25) is 0 Å². The first-order valence-electron chi connectivity index (χ1n) is 7.83. The number of phenolic OH excluding ortho intramolecular Hbond substituents is 1. The van der Waals surface area contributed by atoms with Gasteiger partial charge in [-0.25, -0.2) is 0 Å². The van der Waals surface area contributed by atoms with Gasteiger partial charge in [-0.05, 0) is 18.6 Å². The Balaban J connectivity index is 2.18. The Morgan fingerprint density at radius 2 is 1.62 bits per heavy atom. The third-order valence-electron chi connectivity index (χ3n) is 3.43. The molecule has 1 aromatic carbocycles. The summed E-state index contributed by atoms with van der Waals surface area (Å²) in [7, 11) is 0. The van der Waals surface area contributed by atoms with E-state index in [4.69, 9.17) is 23.2 Å². The first kappa shape index (κ1) is 18.3. The molecule has 1 N–H and O–H groups in total. The van der Waals surface area contributed by atoms with Crippen molar-refractivity contribution in [3.8, 4) is 5.75 Å². The topological polar surface area (TPSA) is 32.6 Å². The van der Waals surface area contributed by atoms with E-state index in [2.05, 4.69) is 11.9 Å². The Kier molecular flexibility index (Phi) is 9.53. The second-order valence-electron chi connectivity index (χ2n) is 5.34. The van der Waals surface area contributed by atoms with Crippen LogP contribution in [0, 0.1) is 0 Å². The van der Waals surface area contributed by atoms with Crippen LogP contribution >= 0.6 is 23.2 Å². The Morgan fingerprint density at radius 1 is 1.00 bits per heavy atom. The Labute approximate surface area is 138 Å². The molecule has 0 saturated heterocycles. The van der Waals surface area contributed by atoms with E-state index < -0.39 is 0 Å². The second kappa shape index (κ2) is 10.9. The zero-order chi connectivity index (χ0) is 15.5. The second-order valence-corrected chi connectivity index (χ2v) is 6.18. The molecular weight excluding hydrogens is 305 g/mol. The quantitative estimate of drug-likeness (QED) is 0.398. The molecule has 0 aromatic heterocycles. The highest BCUT2D eigenvalue weighted by Gasteiger charge is 2.05. The minimum absolute atomic E-state index is 0.0424. The summed E-state index contributed by atoms with van der Waals surface area (Å²) in [5, 5.41) is 10.5. The maximum Gasteiger partial charge on any atom is 0.143 e. The van der Waals surface area contributed by atoms with Gasteiger partial charge in [-0.1, -0.05) is 75.1 Å². The number of unbranched alkanes of at least 4 members (excludes halogenated alkanes) is 7. The van der Waals surface area contributed by atoms with Crippen LogP contribution in [-0.2, 0) is 0 Å². The lowest BCUT2D eigenvalue weighted by atomic mass is 10.1. The minimum Gasteiger partial charge on any atom is -0.506 e. The zero-order valence-corrected chi connectivity index (χ0v) is 14.3. The van der Waals surface area contributed by atoms with Crippen molar-refractivity contribution in [1.29, 1.82) is 0 Å². The average Bonchev–Trinajstić information content (AvgIpc) is 2.45. The number of aliphatic imine (C=N–C) groups is 1. The van der Waals surface area contributed by atoms with Crippen molar-refractivity contribution < 1.29 is 5.11 Å². The number of nitrogens with zero attached hydrogens (tertiary/aromatic N) is 1. The molecule has 0 amide bonds. The molecule has 0 atom stereocenters. The largest absolute Gasteiger partial charge is 0.506 e. The number of phenols is 1. The first-order chi connectivity index (χ1) is 10.1. The van der Waals surface area contributed by atoms with Gasteiger partial charge in [0.05, 0.1) is 5.02 Å². The van der Waals surface area contributed by atoms with Crippen molar-refractivity contribution in [2.24, 2.45) is 4.99 Å². The smallest absolute Gasteiger partial charge is 0.143 e. The van der Waals surface area contributed by atoms with Crippen LogP contribution in [0.4, 0.5) is 0 Å². The highest BCUT2D eigenvalue weighted by Crippen LogP contribution is 2.29. The van der Waals surface area contributed by atoms with E-state index in [0.29, 0.717) is 10.6 Å². The molecule has 2 nitrogen and oxygen atoms in total. The Bertz CT molecular complexity index is 447. The molecule has 0 unspecified atom stereocenters. The van der Waals surface area contributed by atoms with E-state index in [-0.39, 0.29) is 10.8 Å². The number of hydrogen-bond donors (Lipinski definition) is 1. The van der Waals surface area contributed by atoms with E-state index in [9.17, 15) is 5.11 Å².